The van der Waals surface area contributed by atoms with Crippen LogP contribution in [0.2, 0.25) is 5.02 Å². The van der Waals surface area contributed by atoms with E-state index in [1.54, 1.807) is 4.90 Å². The SMILES string of the molecule is CC(C)(C)OC(=O)N1CCOCC(C)(c2noc(CCCc3c(Cl)cc4c(cnn4C4CCCCO4)c3Br)n2)C1. The minimum Gasteiger partial charge on any atom is -0.444 e. The first-order chi connectivity index (χ1) is 19.0. The van der Waals surface area contributed by atoms with E-state index in [-0.39, 0.29) is 12.3 Å². The normalized spacial score (nSPS) is 22.4. The molecule has 2 aromatic heterocycles. The fourth-order valence-corrected chi connectivity index (χ4v) is 6.31. The van der Waals surface area contributed by atoms with Gasteiger partial charge < -0.3 is 23.6 Å². The van der Waals surface area contributed by atoms with Crippen molar-refractivity contribution >= 4 is 44.5 Å². The summed E-state index contributed by atoms with van der Waals surface area (Å²) < 4.78 is 25.8. The van der Waals surface area contributed by atoms with Crippen LogP contribution in [0.15, 0.2) is 21.3 Å². The van der Waals surface area contributed by atoms with Gasteiger partial charge >= 0.3 is 6.09 Å². The number of halogens is 2. The van der Waals surface area contributed by atoms with Crippen LogP contribution < -0.4 is 0 Å². The lowest BCUT2D eigenvalue weighted by atomic mass is 9.90. The number of aromatic nitrogens is 4. The Hall–Kier alpha value is -2.21. The number of carbonyl (C=O) groups is 1. The number of rotatable bonds is 6. The highest BCUT2D eigenvalue weighted by Crippen LogP contribution is 2.37. The van der Waals surface area contributed by atoms with Gasteiger partial charge in [0.05, 0.1) is 30.3 Å². The van der Waals surface area contributed by atoms with Crippen LogP contribution in [0.3, 0.4) is 0 Å². The highest BCUT2D eigenvalue weighted by atomic mass is 79.9. The van der Waals surface area contributed by atoms with Gasteiger partial charge in [-0.2, -0.15) is 10.1 Å². The van der Waals surface area contributed by atoms with Crippen LogP contribution in [0.1, 0.15) is 76.9 Å². The van der Waals surface area contributed by atoms with Crippen molar-refractivity contribution in [1.29, 1.82) is 0 Å². The lowest BCUT2D eigenvalue weighted by Gasteiger charge is -2.31. The Kier molecular flexibility index (Phi) is 8.75. The van der Waals surface area contributed by atoms with E-state index < -0.39 is 11.0 Å². The van der Waals surface area contributed by atoms with Crippen molar-refractivity contribution in [2.45, 2.75) is 83.5 Å². The van der Waals surface area contributed by atoms with Gasteiger partial charge in [0.2, 0.25) is 5.89 Å². The zero-order valence-corrected chi connectivity index (χ0v) is 25.9. The molecule has 2 unspecified atom stereocenters. The van der Waals surface area contributed by atoms with Crippen molar-refractivity contribution in [3.05, 3.63) is 39.0 Å². The molecule has 2 aliphatic heterocycles. The maximum Gasteiger partial charge on any atom is 0.410 e. The second-order valence-corrected chi connectivity index (χ2v) is 13.1. The highest BCUT2D eigenvalue weighted by Gasteiger charge is 2.39. The van der Waals surface area contributed by atoms with E-state index in [1.807, 2.05) is 44.6 Å². The quantitative estimate of drug-likeness (QED) is 0.313. The summed E-state index contributed by atoms with van der Waals surface area (Å²) in [5.74, 6) is 1.07. The summed E-state index contributed by atoms with van der Waals surface area (Å²) >= 11 is 10.5. The summed E-state index contributed by atoms with van der Waals surface area (Å²) in [4.78, 5) is 19.1. The fourth-order valence-electron chi connectivity index (χ4n) is 5.19. The summed E-state index contributed by atoms with van der Waals surface area (Å²) in [6.07, 6.45) is 6.70. The van der Waals surface area contributed by atoms with Crippen molar-refractivity contribution in [2.24, 2.45) is 0 Å². The van der Waals surface area contributed by atoms with Gasteiger partial charge in [0, 0.05) is 41.0 Å². The Labute approximate surface area is 247 Å². The molecule has 0 spiro atoms. The maximum atomic E-state index is 12.7. The molecule has 5 rings (SSSR count). The highest BCUT2D eigenvalue weighted by molar-refractivity contribution is 9.10. The monoisotopic (exact) mass is 637 g/mol. The van der Waals surface area contributed by atoms with Crippen molar-refractivity contribution < 1.29 is 23.5 Å². The van der Waals surface area contributed by atoms with Crippen molar-refractivity contribution in [2.75, 3.05) is 32.9 Å². The van der Waals surface area contributed by atoms with Crippen LogP contribution in [-0.2, 0) is 32.5 Å². The van der Waals surface area contributed by atoms with Gasteiger partial charge in [-0.1, -0.05) is 16.8 Å². The summed E-state index contributed by atoms with van der Waals surface area (Å²) in [5.41, 5.74) is 0.796. The molecule has 1 aromatic carbocycles. The number of carbonyl (C=O) groups excluding carboxylic acids is 1. The van der Waals surface area contributed by atoms with Crippen molar-refractivity contribution in [3.63, 3.8) is 0 Å². The number of fused-ring (bicyclic) bond motifs is 1. The predicted octanol–water partition coefficient (Wildman–Crippen LogP) is 6.23. The number of hydrogen-bond acceptors (Lipinski definition) is 8. The Bertz CT molecular complexity index is 1350. The van der Waals surface area contributed by atoms with E-state index in [2.05, 4.69) is 31.2 Å². The second kappa shape index (κ2) is 12.0. The van der Waals surface area contributed by atoms with Crippen LogP contribution in [0.5, 0.6) is 0 Å². The van der Waals surface area contributed by atoms with Gasteiger partial charge in [0.15, 0.2) is 12.1 Å². The van der Waals surface area contributed by atoms with E-state index in [1.165, 1.54) is 0 Å². The standard InChI is InChI=1S/C28H37BrClN5O5/c1-27(2,3)39-26(36)34-11-13-37-17-28(4,16-34)25-32-22(40-33-25)9-7-8-18-20(30)14-21-19(24(18)29)15-31-35(21)23-10-5-6-12-38-23/h14-15,23H,5-13,16-17H2,1-4H3. The summed E-state index contributed by atoms with van der Waals surface area (Å²) in [5, 5.41) is 10.6. The molecule has 10 nitrogen and oxygen atoms in total. The molecule has 0 saturated carbocycles. The molecule has 12 heteroatoms. The molecule has 1 amide bonds. The summed E-state index contributed by atoms with van der Waals surface area (Å²) in [7, 11) is 0. The first-order valence-electron chi connectivity index (χ1n) is 13.9. The van der Waals surface area contributed by atoms with Gasteiger partial charge in [0.1, 0.15) is 5.60 Å². The maximum absolute atomic E-state index is 12.7. The molecule has 0 N–H and O–H groups in total. The molecule has 0 aliphatic carbocycles. The van der Waals surface area contributed by atoms with Crippen LogP contribution in [0, 0.1) is 0 Å². The van der Waals surface area contributed by atoms with Gasteiger partial charge in [-0.3, -0.25) is 0 Å². The summed E-state index contributed by atoms with van der Waals surface area (Å²) in [6, 6.07) is 1.98. The first-order valence-corrected chi connectivity index (χ1v) is 15.1. The lowest BCUT2D eigenvalue weighted by Crippen LogP contribution is -2.45. The largest absolute Gasteiger partial charge is 0.444 e. The van der Waals surface area contributed by atoms with E-state index in [0.717, 1.165) is 59.7 Å². The number of nitrogens with zero attached hydrogens (tertiary/aromatic N) is 5. The zero-order valence-electron chi connectivity index (χ0n) is 23.5. The molecule has 2 saturated heterocycles. The average molecular weight is 639 g/mol. The molecular weight excluding hydrogens is 602 g/mol. The topological polar surface area (TPSA) is 105 Å². The van der Waals surface area contributed by atoms with E-state index in [0.29, 0.717) is 49.5 Å². The second-order valence-electron chi connectivity index (χ2n) is 11.9. The van der Waals surface area contributed by atoms with E-state index >= 15 is 0 Å². The number of ether oxygens (including phenoxy) is 3. The van der Waals surface area contributed by atoms with Crippen LogP contribution in [0.25, 0.3) is 10.9 Å². The number of benzene rings is 1. The third-order valence-corrected chi connectivity index (χ3v) is 8.50. The van der Waals surface area contributed by atoms with Crippen LogP contribution >= 0.6 is 27.5 Å². The molecule has 2 fully saturated rings. The number of aryl methyl sites for hydroxylation is 1. The van der Waals surface area contributed by atoms with Crippen LogP contribution in [0.4, 0.5) is 4.79 Å². The minimum atomic E-state index is -0.616. The van der Waals surface area contributed by atoms with Gasteiger partial charge in [-0.25, -0.2) is 9.48 Å². The van der Waals surface area contributed by atoms with Gasteiger partial charge in [-0.15, -0.1) is 0 Å². The molecular formula is C28H37BrClN5O5. The Balaban J connectivity index is 1.24. The molecule has 218 valence electrons. The molecule has 0 radical (unpaired) electrons. The molecule has 2 aliphatic rings. The Morgan fingerprint density at radius 1 is 1.27 bits per heavy atom. The predicted molar refractivity (Wildman–Crippen MR) is 154 cm³/mol. The van der Waals surface area contributed by atoms with Crippen molar-refractivity contribution in [3.8, 4) is 0 Å². The minimum absolute atomic E-state index is 0.0521. The smallest absolute Gasteiger partial charge is 0.410 e. The molecule has 3 aromatic rings. The van der Waals surface area contributed by atoms with Crippen LogP contribution in [-0.4, -0.2) is 69.4 Å². The lowest BCUT2D eigenvalue weighted by molar-refractivity contribution is -0.0366. The first kappa shape index (κ1) is 29.3. The molecule has 0 bridgehead atoms. The Morgan fingerprint density at radius 2 is 2.10 bits per heavy atom. The third-order valence-electron chi connectivity index (χ3n) is 7.26. The third kappa shape index (κ3) is 6.48. The average Bonchev–Trinajstić information content (AvgIpc) is 3.50. The fraction of sp³-hybridized carbons (Fsp3) is 0.643. The molecule has 40 heavy (non-hydrogen) atoms. The van der Waals surface area contributed by atoms with E-state index in [9.17, 15) is 4.79 Å². The zero-order chi connectivity index (χ0) is 28.5. The van der Waals surface area contributed by atoms with E-state index in [4.69, 9.17) is 30.3 Å². The number of amides is 1. The van der Waals surface area contributed by atoms with Gasteiger partial charge in [0.25, 0.3) is 0 Å². The van der Waals surface area contributed by atoms with Gasteiger partial charge in [-0.05, 0) is 87.4 Å². The summed E-state index contributed by atoms with van der Waals surface area (Å²) in [6.45, 7) is 9.93. The Morgan fingerprint density at radius 3 is 2.85 bits per heavy atom. The van der Waals surface area contributed by atoms with Crippen molar-refractivity contribution in [1.82, 2.24) is 24.8 Å². The molecule has 2 atom stereocenters. The molecule has 4 heterocycles. The number of hydrogen-bond donors (Lipinski definition) is 0.